The molecule has 0 fully saturated rings. The third-order valence-electron chi connectivity index (χ3n) is 2.43. The fourth-order valence-electron chi connectivity index (χ4n) is 1.75. The quantitative estimate of drug-likeness (QED) is 0.626. The summed E-state index contributed by atoms with van der Waals surface area (Å²) in [4.78, 5) is 0. The van der Waals surface area contributed by atoms with Crippen molar-refractivity contribution < 1.29 is 5.11 Å². The molecule has 0 radical (unpaired) electrons. The maximum atomic E-state index is 9.16. The summed E-state index contributed by atoms with van der Waals surface area (Å²) < 4.78 is 0. The molecule has 0 aromatic heterocycles. The molecule has 2 rings (SSSR count). The van der Waals surface area contributed by atoms with E-state index >= 15 is 0 Å². The molecule has 1 nitrogen and oxygen atoms in total. The lowest BCUT2D eigenvalue weighted by molar-refractivity contribution is 0.513. The Morgan fingerprint density at radius 1 is 1.25 bits per heavy atom. The molecule has 1 aromatic rings. The highest BCUT2D eigenvalue weighted by atomic mass is 16.3. The van der Waals surface area contributed by atoms with Gasteiger partial charge in [0.1, 0.15) is 5.76 Å². The van der Waals surface area contributed by atoms with Crippen LogP contribution in [0.2, 0.25) is 0 Å². The summed E-state index contributed by atoms with van der Waals surface area (Å²) in [6, 6.07) is 6.08. The van der Waals surface area contributed by atoms with Crippen LogP contribution in [0.25, 0.3) is 5.76 Å². The molecule has 1 aromatic carbocycles. The lowest BCUT2D eigenvalue weighted by Crippen LogP contribution is -1.86. The van der Waals surface area contributed by atoms with Gasteiger partial charge in [0.25, 0.3) is 0 Å². The Bertz CT molecular complexity index is 326. The van der Waals surface area contributed by atoms with Gasteiger partial charge in [0.15, 0.2) is 0 Å². The van der Waals surface area contributed by atoms with Crippen LogP contribution in [0.4, 0.5) is 0 Å². The topological polar surface area (TPSA) is 20.2 Å². The van der Waals surface area contributed by atoms with Crippen LogP contribution in [0, 0.1) is 0 Å². The van der Waals surface area contributed by atoms with Gasteiger partial charge in [-0.3, -0.25) is 0 Å². The summed E-state index contributed by atoms with van der Waals surface area (Å²) in [7, 11) is 0. The molecule has 0 saturated carbocycles. The number of aliphatic hydroxyl groups is 1. The molecule has 0 unspecified atom stereocenters. The van der Waals surface area contributed by atoms with E-state index in [2.05, 4.69) is 12.6 Å². The van der Waals surface area contributed by atoms with Crippen molar-refractivity contribution in [2.45, 2.75) is 19.3 Å². The van der Waals surface area contributed by atoms with Gasteiger partial charge in [-0.25, -0.2) is 0 Å². The first-order chi connectivity index (χ1) is 5.77. The average Bonchev–Trinajstić information content (AvgIpc) is 2.49. The number of aliphatic hydroxyl groups excluding tert-OH is 1. The predicted octanol–water partition coefficient (Wildman–Crippen LogP) is 2.70. The van der Waals surface area contributed by atoms with Crippen LogP contribution in [-0.4, -0.2) is 5.11 Å². The Hall–Kier alpha value is -1.24. The molecule has 62 valence electrons. The Balaban J connectivity index is 2.45. The summed E-state index contributed by atoms with van der Waals surface area (Å²) in [5.41, 5.74) is 3.67. The highest BCUT2D eigenvalue weighted by Crippen LogP contribution is 2.24. The van der Waals surface area contributed by atoms with Crippen LogP contribution in [0.1, 0.15) is 23.1 Å². The van der Waals surface area contributed by atoms with Gasteiger partial charge in [0.05, 0.1) is 0 Å². The molecule has 0 bridgehead atoms. The molecular formula is C11H12O. The summed E-state index contributed by atoms with van der Waals surface area (Å²) in [5.74, 6) is 0.171. The van der Waals surface area contributed by atoms with Crippen LogP contribution >= 0.6 is 0 Å². The Morgan fingerprint density at radius 2 is 2.00 bits per heavy atom. The fraction of sp³-hybridized carbons (Fsp3) is 0.273. The molecule has 0 saturated heterocycles. The first-order valence-corrected chi connectivity index (χ1v) is 4.27. The van der Waals surface area contributed by atoms with Gasteiger partial charge in [-0.05, 0) is 36.5 Å². The number of hydrogen-bond donors (Lipinski definition) is 1. The predicted molar refractivity (Wildman–Crippen MR) is 50.1 cm³/mol. The third-order valence-corrected chi connectivity index (χ3v) is 2.43. The largest absolute Gasteiger partial charge is 0.508 e. The molecule has 1 N–H and O–H groups in total. The minimum absolute atomic E-state index is 0.171. The first-order valence-electron chi connectivity index (χ1n) is 4.27. The smallest absolute Gasteiger partial charge is 0.115 e. The zero-order chi connectivity index (χ0) is 8.55. The van der Waals surface area contributed by atoms with Crippen LogP contribution in [0.3, 0.4) is 0 Å². The van der Waals surface area contributed by atoms with Crippen LogP contribution in [0.15, 0.2) is 24.8 Å². The number of fused-ring (bicyclic) bond motifs is 1. The van der Waals surface area contributed by atoms with Gasteiger partial charge in [-0.1, -0.05) is 18.7 Å². The fourth-order valence-corrected chi connectivity index (χ4v) is 1.75. The van der Waals surface area contributed by atoms with Gasteiger partial charge < -0.3 is 5.11 Å². The molecule has 1 aliphatic carbocycles. The van der Waals surface area contributed by atoms with Crippen LogP contribution in [-0.2, 0) is 12.8 Å². The molecule has 1 aliphatic rings. The maximum absolute atomic E-state index is 9.16. The lowest BCUT2D eigenvalue weighted by atomic mass is 10.1. The van der Waals surface area contributed by atoms with Crippen molar-refractivity contribution in [1.29, 1.82) is 0 Å². The summed E-state index contributed by atoms with van der Waals surface area (Å²) in [6.45, 7) is 3.51. The molecule has 1 heteroatoms. The van der Waals surface area contributed by atoms with E-state index < -0.39 is 0 Å². The normalized spacial score (nSPS) is 14.3. The van der Waals surface area contributed by atoms with Gasteiger partial charge >= 0.3 is 0 Å². The Morgan fingerprint density at radius 3 is 2.75 bits per heavy atom. The van der Waals surface area contributed by atoms with E-state index in [1.54, 1.807) is 0 Å². The molecule has 0 atom stereocenters. The molecule has 12 heavy (non-hydrogen) atoms. The van der Waals surface area contributed by atoms with E-state index in [0.29, 0.717) is 0 Å². The van der Waals surface area contributed by atoms with Crippen molar-refractivity contribution in [3.8, 4) is 0 Å². The third kappa shape index (κ3) is 1.11. The van der Waals surface area contributed by atoms with E-state index in [-0.39, 0.29) is 5.76 Å². The van der Waals surface area contributed by atoms with Gasteiger partial charge in [-0.15, -0.1) is 0 Å². The first kappa shape index (κ1) is 7.41. The van der Waals surface area contributed by atoms with E-state index in [1.807, 2.05) is 12.1 Å². The summed E-state index contributed by atoms with van der Waals surface area (Å²) in [6.07, 6.45) is 3.58. The molecule has 0 aliphatic heterocycles. The zero-order valence-electron chi connectivity index (χ0n) is 7.01. The van der Waals surface area contributed by atoms with Crippen molar-refractivity contribution in [2.24, 2.45) is 0 Å². The molecule has 0 heterocycles. The monoisotopic (exact) mass is 160 g/mol. The van der Waals surface area contributed by atoms with E-state index in [4.69, 9.17) is 5.11 Å². The molecular weight excluding hydrogens is 148 g/mol. The summed E-state index contributed by atoms with van der Waals surface area (Å²) >= 11 is 0. The van der Waals surface area contributed by atoms with Gasteiger partial charge in [0, 0.05) is 5.56 Å². The van der Waals surface area contributed by atoms with Crippen LogP contribution in [0.5, 0.6) is 0 Å². The minimum Gasteiger partial charge on any atom is -0.508 e. The van der Waals surface area contributed by atoms with Crippen LogP contribution < -0.4 is 0 Å². The highest BCUT2D eigenvalue weighted by molar-refractivity contribution is 5.58. The van der Waals surface area contributed by atoms with Crippen molar-refractivity contribution >= 4 is 5.76 Å². The minimum atomic E-state index is 0.171. The lowest BCUT2D eigenvalue weighted by Gasteiger charge is -2.02. The van der Waals surface area contributed by atoms with E-state index in [1.165, 1.54) is 24.0 Å². The number of benzene rings is 1. The Labute approximate surface area is 72.4 Å². The Kier molecular flexibility index (Phi) is 1.65. The number of rotatable bonds is 1. The van der Waals surface area contributed by atoms with Crippen molar-refractivity contribution in [3.05, 3.63) is 41.5 Å². The second-order valence-corrected chi connectivity index (χ2v) is 3.28. The van der Waals surface area contributed by atoms with Crippen molar-refractivity contribution in [1.82, 2.24) is 0 Å². The molecule has 0 amide bonds. The number of hydrogen-bond acceptors (Lipinski definition) is 1. The molecule has 0 spiro atoms. The standard InChI is InChI=1S/C11H12O/c1-8(12)10-6-5-9-3-2-4-11(9)7-10/h5-7,12H,1-4H2. The van der Waals surface area contributed by atoms with E-state index in [9.17, 15) is 0 Å². The zero-order valence-corrected chi connectivity index (χ0v) is 7.01. The second kappa shape index (κ2) is 2.67. The SMILES string of the molecule is C=C(O)c1ccc2c(c1)CCC2. The maximum Gasteiger partial charge on any atom is 0.115 e. The van der Waals surface area contributed by atoms with E-state index in [0.717, 1.165) is 12.0 Å². The van der Waals surface area contributed by atoms with Crippen molar-refractivity contribution in [3.63, 3.8) is 0 Å². The van der Waals surface area contributed by atoms with Gasteiger partial charge in [-0.2, -0.15) is 0 Å². The average molecular weight is 160 g/mol. The van der Waals surface area contributed by atoms with Crippen molar-refractivity contribution in [2.75, 3.05) is 0 Å². The second-order valence-electron chi connectivity index (χ2n) is 3.28. The highest BCUT2D eigenvalue weighted by Gasteiger charge is 2.10. The van der Waals surface area contributed by atoms with Gasteiger partial charge in [0.2, 0.25) is 0 Å². The number of aryl methyl sites for hydroxylation is 2. The summed E-state index contributed by atoms with van der Waals surface area (Å²) in [5, 5.41) is 9.16.